The topological polar surface area (TPSA) is 41.3 Å². The largest absolute Gasteiger partial charge is 0.394 e. The van der Waals surface area contributed by atoms with Gasteiger partial charge >= 0.3 is 0 Å². The molecule has 0 aliphatic rings. The SMILES string of the molecule is Cc1nn(C)c(CN(C)C(C)(C)CO)c1Br. The molecule has 1 heterocycles. The van der Waals surface area contributed by atoms with Crippen LogP contribution in [-0.4, -0.2) is 39.0 Å². The number of aryl methyl sites for hydroxylation is 2. The Hall–Kier alpha value is -0.390. The van der Waals surface area contributed by atoms with Gasteiger partial charge in [0, 0.05) is 19.1 Å². The first-order valence-corrected chi connectivity index (χ1v) is 6.09. The lowest BCUT2D eigenvalue weighted by molar-refractivity contribution is 0.0714. The molecule has 5 heteroatoms. The quantitative estimate of drug-likeness (QED) is 0.917. The Morgan fingerprint density at radius 1 is 1.50 bits per heavy atom. The fourth-order valence-corrected chi connectivity index (χ4v) is 1.87. The van der Waals surface area contributed by atoms with Crippen LogP contribution in [0, 0.1) is 6.92 Å². The molecule has 0 amide bonds. The smallest absolute Gasteiger partial charge is 0.0739 e. The van der Waals surface area contributed by atoms with Crippen LogP contribution in [0.15, 0.2) is 4.47 Å². The van der Waals surface area contributed by atoms with Gasteiger partial charge in [-0.3, -0.25) is 9.58 Å². The van der Waals surface area contributed by atoms with Crippen molar-refractivity contribution in [2.24, 2.45) is 7.05 Å². The standard InChI is InChI=1S/C11H20BrN3O/c1-8-10(12)9(15(5)13-8)6-14(4)11(2,3)7-16/h16H,6-7H2,1-5H3. The number of aromatic nitrogens is 2. The molecule has 0 radical (unpaired) electrons. The molecule has 0 aliphatic carbocycles. The van der Waals surface area contributed by atoms with Crippen molar-refractivity contribution in [1.29, 1.82) is 0 Å². The molecule has 0 spiro atoms. The van der Waals surface area contributed by atoms with Gasteiger partial charge in [0.25, 0.3) is 0 Å². The average Bonchev–Trinajstić information content (AvgIpc) is 2.45. The van der Waals surface area contributed by atoms with Crippen molar-refractivity contribution in [1.82, 2.24) is 14.7 Å². The van der Waals surface area contributed by atoms with Crippen molar-refractivity contribution in [2.75, 3.05) is 13.7 Å². The molecule has 0 aliphatic heterocycles. The van der Waals surface area contributed by atoms with Gasteiger partial charge in [-0.1, -0.05) is 0 Å². The van der Waals surface area contributed by atoms with Crippen LogP contribution >= 0.6 is 15.9 Å². The molecule has 4 nitrogen and oxygen atoms in total. The van der Waals surface area contributed by atoms with Crippen LogP contribution in [0.25, 0.3) is 0 Å². The number of aliphatic hydroxyl groups is 1. The first kappa shape index (κ1) is 13.7. The van der Waals surface area contributed by atoms with E-state index in [0.717, 1.165) is 22.4 Å². The minimum absolute atomic E-state index is 0.137. The van der Waals surface area contributed by atoms with Crippen LogP contribution in [0.3, 0.4) is 0 Å². The fourth-order valence-electron chi connectivity index (χ4n) is 1.41. The highest BCUT2D eigenvalue weighted by Crippen LogP contribution is 2.23. The molecule has 0 bridgehead atoms. The molecule has 1 rings (SSSR count). The molecule has 0 saturated carbocycles. The number of likely N-dealkylation sites (N-methyl/N-ethyl adjacent to an activating group) is 1. The molecule has 1 aromatic rings. The lowest BCUT2D eigenvalue weighted by Gasteiger charge is -2.33. The normalized spacial score (nSPS) is 12.5. The molecule has 0 saturated heterocycles. The number of rotatable bonds is 4. The van der Waals surface area contributed by atoms with Gasteiger partial charge in [-0.25, -0.2) is 0 Å². The summed E-state index contributed by atoms with van der Waals surface area (Å²) in [5.41, 5.74) is 1.90. The summed E-state index contributed by atoms with van der Waals surface area (Å²) in [5.74, 6) is 0. The van der Waals surface area contributed by atoms with Gasteiger partial charge in [0.2, 0.25) is 0 Å². The lowest BCUT2D eigenvalue weighted by Crippen LogP contribution is -2.44. The molecule has 0 aromatic carbocycles. The third-order valence-electron chi connectivity index (χ3n) is 3.07. The highest BCUT2D eigenvalue weighted by molar-refractivity contribution is 9.10. The predicted molar refractivity (Wildman–Crippen MR) is 68.3 cm³/mol. The number of hydrogen-bond acceptors (Lipinski definition) is 3. The molecule has 1 N–H and O–H groups in total. The number of aliphatic hydroxyl groups excluding tert-OH is 1. The molecule has 0 unspecified atom stereocenters. The van der Waals surface area contributed by atoms with Crippen LogP contribution in [0.1, 0.15) is 25.2 Å². The van der Waals surface area contributed by atoms with Gasteiger partial charge in [-0.05, 0) is 43.7 Å². The second-order valence-electron chi connectivity index (χ2n) is 4.80. The predicted octanol–water partition coefficient (Wildman–Crippen LogP) is 1.69. The van der Waals surface area contributed by atoms with Crippen molar-refractivity contribution in [3.63, 3.8) is 0 Å². The van der Waals surface area contributed by atoms with E-state index in [1.54, 1.807) is 0 Å². The van der Waals surface area contributed by atoms with E-state index < -0.39 is 0 Å². The first-order chi connectivity index (χ1) is 7.29. The molecular weight excluding hydrogens is 270 g/mol. The minimum Gasteiger partial charge on any atom is -0.394 e. The molecule has 92 valence electrons. The monoisotopic (exact) mass is 289 g/mol. The summed E-state index contributed by atoms with van der Waals surface area (Å²) in [7, 11) is 3.94. The first-order valence-electron chi connectivity index (χ1n) is 5.29. The van der Waals surface area contributed by atoms with E-state index in [4.69, 9.17) is 0 Å². The van der Waals surface area contributed by atoms with Gasteiger partial charge in [0.1, 0.15) is 0 Å². The molecule has 1 aromatic heterocycles. The van der Waals surface area contributed by atoms with E-state index in [1.165, 1.54) is 0 Å². The zero-order valence-electron chi connectivity index (χ0n) is 10.6. The van der Waals surface area contributed by atoms with Crippen molar-refractivity contribution < 1.29 is 5.11 Å². The summed E-state index contributed by atoms with van der Waals surface area (Å²) in [6.45, 7) is 6.91. The van der Waals surface area contributed by atoms with Crippen molar-refractivity contribution in [3.05, 3.63) is 15.9 Å². The molecule has 16 heavy (non-hydrogen) atoms. The Kier molecular flexibility index (Phi) is 4.15. The van der Waals surface area contributed by atoms with Crippen molar-refractivity contribution in [3.8, 4) is 0 Å². The summed E-state index contributed by atoms with van der Waals surface area (Å²) in [6, 6.07) is 0. The van der Waals surface area contributed by atoms with Gasteiger partial charge in [0.15, 0.2) is 0 Å². The third kappa shape index (κ3) is 2.64. The summed E-state index contributed by atoms with van der Waals surface area (Å²) in [6.07, 6.45) is 0. The van der Waals surface area contributed by atoms with Crippen molar-refractivity contribution in [2.45, 2.75) is 32.9 Å². The van der Waals surface area contributed by atoms with Gasteiger partial charge in [-0.2, -0.15) is 5.10 Å². The zero-order valence-corrected chi connectivity index (χ0v) is 12.2. The Bertz CT molecular complexity index is 374. The number of hydrogen-bond donors (Lipinski definition) is 1. The average molecular weight is 290 g/mol. The molecule has 0 atom stereocenters. The summed E-state index contributed by atoms with van der Waals surface area (Å²) in [5, 5.41) is 13.7. The van der Waals surface area contributed by atoms with E-state index in [0.29, 0.717) is 0 Å². The van der Waals surface area contributed by atoms with Crippen LogP contribution in [0.4, 0.5) is 0 Å². The minimum atomic E-state index is -0.225. The maximum atomic E-state index is 9.31. The van der Waals surface area contributed by atoms with E-state index >= 15 is 0 Å². The number of nitrogens with zero attached hydrogens (tertiary/aromatic N) is 3. The molecule has 0 fully saturated rings. The lowest BCUT2D eigenvalue weighted by atomic mass is 10.1. The second kappa shape index (κ2) is 4.85. The maximum Gasteiger partial charge on any atom is 0.0739 e. The van der Waals surface area contributed by atoms with E-state index in [1.807, 2.05) is 39.5 Å². The summed E-state index contributed by atoms with van der Waals surface area (Å²) < 4.78 is 2.93. The Morgan fingerprint density at radius 3 is 2.44 bits per heavy atom. The Morgan fingerprint density at radius 2 is 2.06 bits per heavy atom. The number of halogens is 1. The van der Waals surface area contributed by atoms with E-state index in [2.05, 4.69) is 25.9 Å². The van der Waals surface area contributed by atoms with Gasteiger partial charge < -0.3 is 5.11 Å². The molecular formula is C11H20BrN3O. The maximum absolute atomic E-state index is 9.31. The summed E-state index contributed by atoms with van der Waals surface area (Å²) in [4.78, 5) is 2.12. The van der Waals surface area contributed by atoms with Gasteiger partial charge in [-0.15, -0.1) is 0 Å². The van der Waals surface area contributed by atoms with E-state index in [9.17, 15) is 5.11 Å². The van der Waals surface area contributed by atoms with Crippen LogP contribution in [0.2, 0.25) is 0 Å². The third-order valence-corrected chi connectivity index (χ3v) is 4.10. The van der Waals surface area contributed by atoms with Gasteiger partial charge in [0.05, 0.1) is 22.5 Å². The summed E-state index contributed by atoms with van der Waals surface area (Å²) >= 11 is 3.55. The Labute approximate surface area is 105 Å². The van der Waals surface area contributed by atoms with Crippen molar-refractivity contribution >= 4 is 15.9 Å². The Balaban J connectivity index is 2.89. The van der Waals surface area contributed by atoms with Crippen LogP contribution in [0.5, 0.6) is 0 Å². The van der Waals surface area contributed by atoms with E-state index in [-0.39, 0.29) is 12.1 Å². The van der Waals surface area contributed by atoms with Crippen LogP contribution in [-0.2, 0) is 13.6 Å². The second-order valence-corrected chi connectivity index (χ2v) is 5.59. The zero-order chi connectivity index (χ0) is 12.5. The highest BCUT2D eigenvalue weighted by Gasteiger charge is 2.24. The fraction of sp³-hybridized carbons (Fsp3) is 0.727. The van der Waals surface area contributed by atoms with Crippen LogP contribution < -0.4 is 0 Å². The highest BCUT2D eigenvalue weighted by atomic mass is 79.9.